The highest BCUT2D eigenvalue weighted by molar-refractivity contribution is 8.16. The number of anilines is 2. The number of fused-ring (bicyclic) bond motifs is 4. The Kier molecular flexibility index (Phi) is 5.97. The zero-order valence-electron chi connectivity index (χ0n) is 18.7. The third-order valence-electron chi connectivity index (χ3n) is 5.10. The molecule has 0 saturated carbocycles. The Morgan fingerprint density at radius 1 is 1.22 bits per heavy atom. The zero-order chi connectivity index (χ0) is 25.8. The van der Waals surface area contributed by atoms with Gasteiger partial charge in [0.15, 0.2) is 15.2 Å². The molecule has 0 saturated heterocycles. The maximum atomic E-state index is 13.2. The summed E-state index contributed by atoms with van der Waals surface area (Å²) in [4.78, 5) is 17.9. The normalized spacial score (nSPS) is 18.0. The molecule has 2 N–H and O–H groups in total. The van der Waals surface area contributed by atoms with E-state index in [-0.39, 0.29) is 10.3 Å². The highest BCUT2D eigenvalue weighted by atomic mass is 32.2. The Bertz CT molecular complexity index is 1710. The number of carbonyl (C=O) groups is 1. The second kappa shape index (κ2) is 8.76. The van der Waals surface area contributed by atoms with Crippen molar-refractivity contribution in [2.75, 3.05) is 22.0 Å². The van der Waals surface area contributed by atoms with Gasteiger partial charge < -0.3 is 9.84 Å². The van der Waals surface area contributed by atoms with E-state index in [1.807, 2.05) is 13.8 Å². The van der Waals surface area contributed by atoms with Gasteiger partial charge in [0.25, 0.3) is 15.9 Å². The number of hydrogen-bond acceptors (Lipinski definition) is 10. The molecule has 0 radical (unpaired) electrons. The first-order valence-corrected chi connectivity index (χ1v) is 15.1. The number of thiazole rings is 1. The molecule has 36 heavy (non-hydrogen) atoms. The molecule has 11 nitrogen and oxygen atoms in total. The van der Waals surface area contributed by atoms with Crippen LogP contribution >= 0.6 is 23.1 Å². The molecule has 3 heterocycles. The van der Waals surface area contributed by atoms with Crippen molar-refractivity contribution < 1.29 is 31.5 Å². The van der Waals surface area contributed by atoms with Gasteiger partial charge in [-0.2, -0.15) is 8.42 Å². The van der Waals surface area contributed by atoms with Gasteiger partial charge in [-0.1, -0.05) is 17.4 Å². The quantitative estimate of drug-likeness (QED) is 0.337. The Hall–Kier alpha value is -3.14. The van der Waals surface area contributed by atoms with Crippen LogP contribution in [0.2, 0.25) is 0 Å². The molecule has 0 aliphatic carbocycles. The second-order valence-electron chi connectivity index (χ2n) is 7.78. The van der Waals surface area contributed by atoms with Crippen LogP contribution in [0.15, 0.2) is 56.4 Å². The van der Waals surface area contributed by atoms with Crippen LogP contribution < -0.4 is 14.4 Å². The smallest absolute Gasteiger partial charge is 0.293 e. The highest BCUT2D eigenvalue weighted by Crippen LogP contribution is 2.44. The predicted molar refractivity (Wildman–Crippen MR) is 139 cm³/mol. The molecule has 15 heteroatoms. The van der Waals surface area contributed by atoms with Gasteiger partial charge in [0.2, 0.25) is 10.0 Å². The minimum Gasteiger partial charge on any atom is -0.509 e. The number of ether oxygens (including phenoxy) is 1. The molecule has 0 bridgehead atoms. The number of amides is 1. The standard InChI is InChI=1S/C21H18N4O7S4/c1-3-32-12-5-6-13-16(9-12)33-20(22-13)23-35(28,29)10-15(26)18-19(27)25-14-7-4-11(2)8-17(14)34-21(25)24-36(18,30)31/h4-9,26H,3,10H2,1-2H3,(H,22,23)/b18-15+. The monoisotopic (exact) mass is 566 g/mol. The van der Waals surface area contributed by atoms with Crippen molar-refractivity contribution >= 4 is 75.3 Å². The molecule has 3 aromatic rings. The topological polar surface area (TPSA) is 155 Å². The van der Waals surface area contributed by atoms with E-state index in [0.717, 1.165) is 33.6 Å². The van der Waals surface area contributed by atoms with Gasteiger partial charge in [0, 0.05) is 4.90 Å². The second-order valence-corrected chi connectivity index (χ2v) is 13.1. The molecule has 2 aliphatic rings. The third kappa shape index (κ3) is 4.42. The number of aliphatic hydroxyl groups excluding tert-OH is 1. The van der Waals surface area contributed by atoms with Crippen LogP contribution in [0.25, 0.3) is 10.2 Å². The van der Waals surface area contributed by atoms with Gasteiger partial charge in [-0.05, 0) is 61.5 Å². The van der Waals surface area contributed by atoms with Crippen LogP contribution in [0.3, 0.4) is 0 Å². The number of nitrogens with one attached hydrogen (secondary N) is 1. The van der Waals surface area contributed by atoms with Crippen molar-refractivity contribution in [1.29, 1.82) is 0 Å². The van der Waals surface area contributed by atoms with Crippen LogP contribution in [0.1, 0.15) is 12.5 Å². The number of sulfonamides is 2. The van der Waals surface area contributed by atoms with Crippen molar-refractivity contribution in [2.45, 2.75) is 18.7 Å². The van der Waals surface area contributed by atoms with Crippen LogP contribution in [-0.4, -0.2) is 50.4 Å². The molecule has 5 rings (SSSR count). The lowest BCUT2D eigenvalue weighted by molar-refractivity contribution is -0.113. The molecule has 0 fully saturated rings. The zero-order valence-corrected chi connectivity index (χ0v) is 22.0. The van der Waals surface area contributed by atoms with E-state index in [0.29, 0.717) is 33.2 Å². The first kappa shape index (κ1) is 24.5. The summed E-state index contributed by atoms with van der Waals surface area (Å²) in [6.07, 6.45) is 0. The SMILES string of the molecule is CCOc1ccc2nc(NS(=O)(=O)C/C(O)=C3/C(=O)N4C(=NS3(=O)=O)Sc3cc(C)ccc34)sc2c1. The van der Waals surface area contributed by atoms with E-state index in [1.165, 1.54) is 0 Å². The Balaban J connectivity index is 1.44. The minimum absolute atomic E-state index is 0.00910. The van der Waals surface area contributed by atoms with E-state index in [1.54, 1.807) is 36.4 Å². The molecule has 188 valence electrons. The summed E-state index contributed by atoms with van der Waals surface area (Å²) in [5, 5.41) is 10.5. The molecule has 0 atom stereocenters. The van der Waals surface area contributed by atoms with Gasteiger partial charge in [-0.15, -0.1) is 4.40 Å². The summed E-state index contributed by atoms with van der Waals surface area (Å²) in [5.41, 5.74) is 1.82. The van der Waals surface area contributed by atoms with Crippen molar-refractivity contribution in [3.05, 3.63) is 52.6 Å². The number of carbonyl (C=O) groups excluding carboxylic acids is 1. The lowest BCUT2D eigenvalue weighted by Crippen LogP contribution is -2.41. The van der Waals surface area contributed by atoms with E-state index < -0.39 is 42.4 Å². The summed E-state index contributed by atoms with van der Waals surface area (Å²) in [6.45, 7) is 4.15. The van der Waals surface area contributed by atoms with E-state index in [9.17, 15) is 26.7 Å². The van der Waals surface area contributed by atoms with E-state index in [4.69, 9.17) is 4.74 Å². The fraction of sp³-hybridized carbons (Fsp3) is 0.190. The number of nitrogens with zero attached hydrogens (tertiary/aromatic N) is 3. The molecule has 2 aliphatic heterocycles. The van der Waals surface area contributed by atoms with Crippen LogP contribution in [0, 0.1) is 6.92 Å². The molecular weight excluding hydrogens is 549 g/mol. The average molecular weight is 567 g/mol. The number of aromatic nitrogens is 1. The maximum Gasteiger partial charge on any atom is 0.293 e. The summed E-state index contributed by atoms with van der Waals surface area (Å²) < 4.78 is 62.9. The predicted octanol–water partition coefficient (Wildman–Crippen LogP) is 3.35. The number of aliphatic hydroxyl groups is 1. The van der Waals surface area contributed by atoms with E-state index in [2.05, 4.69) is 14.1 Å². The van der Waals surface area contributed by atoms with Crippen LogP contribution in [0.4, 0.5) is 10.8 Å². The van der Waals surface area contributed by atoms with Crippen LogP contribution in [0.5, 0.6) is 5.75 Å². The Morgan fingerprint density at radius 3 is 2.75 bits per heavy atom. The lowest BCUT2D eigenvalue weighted by atomic mass is 10.2. The minimum atomic E-state index is -4.64. The largest absolute Gasteiger partial charge is 0.509 e. The number of thioether (sulfide) groups is 1. The maximum absolute atomic E-state index is 13.2. The van der Waals surface area contributed by atoms with Gasteiger partial charge in [-0.3, -0.25) is 14.4 Å². The van der Waals surface area contributed by atoms with Gasteiger partial charge in [0.05, 0.1) is 22.5 Å². The van der Waals surface area contributed by atoms with Crippen molar-refractivity contribution in [1.82, 2.24) is 4.98 Å². The molecule has 2 aromatic carbocycles. The number of aryl methyl sites for hydroxylation is 1. The number of benzene rings is 2. The summed E-state index contributed by atoms with van der Waals surface area (Å²) in [7, 11) is -8.99. The Labute approximate surface area is 214 Å². The fourth-order valence-electron chi connectivity index (χ4n) is 3.64. The number of rotatable bonds is 6. The number of hydrogen-bond donors (Lipinski definition) is 2. The average Bonchev–Trinajstić information content (AvgIpc) is 3.31. The molecule has 1 aromatic heterocycles. The van der Waals surface area contributed by atoms with Gasteiger partial charge >= 0.3 is 0 Å². The first-order valence-electron chi connectivity index (χ1n) is 10.4. The van der Waals surface area contributed by atoms with Crippen molar-refractivity contribution in [3.8, 4) is 5.75 Å². The van der Waals surface area contributed by atoms with E-state index >= 15 is 0 Å². The summed E-state index contributed by atoms with van der Waals surface area (Å²) in [6, 6.07) is 10.2. The van der Waals surface area contributed by atoms with Gasteiger partial charge in [-0.25, -0.2) is 13.4 Å². The van der Waals surface area contributed by atoms with Crippen molar-refractivity contribution in [2.24, 2.45) is 4.40 Å². The molecular formula is C21H18N4O7S4. The van der Waals surface area contributed by atoms with Crippen LogP contribution in [-0.2, 0) is 24.8 Å². The molecule has 0 unspecified atom stereocenters. The lowest BCUT2D eigenvalue weighted by Gasteiger charge is -2.22. The molecule has 1 amide bonds. The van der Waals surface area contributed by atoms with Gasteiger partial charge in [0.1, 0.15) is 17.3 Å². The summed E-state index contributed by atoms with van der Waals surface area (Å²) >= 11 is 2.04. The molecule has 0 spiro atoms. The number of amidine groups is 1. The fourth-order valence-corrected chi connectivity index (χ4v) is 8.40. The summed E-state index contributed by atoms with van der Waals surface area (Å²) in [5.74, 6) is -2.78. The highest BCUT2D eigenvalue weighted by Gasteiger charge is 2.45. The first-order chi connectivity index (χ1) is 17.0. The Morgan fingerprint density at radius 2 is 2.00 bits per heavy atom. The third-order valence-corrected chi connectivity index (χ3v) is 9.78. The van der Waals surface area contributed by atoms with Crippen molar-refractivity contribution in [3.63, 3.8) is 0 Å².